The molecule has 4 heterocycles. The van der Waals surface area contributed by atoms with Gasteiger partial charge in [-0.3, -0.25) is 0 Å². The number of aromatic amines is 1. The summed E-state index contributed by atoms with van der Waals surface area (Å²) in [4.78, 5) is 14.6. The zero-order valence-corrected chi connectivity index (χ0v) is 30.5. The molecule has 0 amide bonds. The molecule has 0 spiro atoms. The van der Waals surface area contributed by atoms with E-state index in [0.717, 1.165) is 102 Å². The van der Waals surface area contributed by atoms with E-state index in [2.05, 4.69) is 178 Å². The van der Waals surface area contributed by atoms with Crippen LogP contribution in [0.3, 0.4) is 0 Å². The van der Waals surface area contributed by atoms with Crippen LogP contribution in [0.15, 0.2) is 199 Å². The first-order valence-electron chi connectivity index (χ1n) is 18.5. The van der Waals surface area contributed by atoms with Crippen molar-refractivity contribution < 1.29 is 0 Å². The first kappa shape index (κ1) is 32.4. The Kier molecular flexibility index (Phi) is 8.10. The molecular formula is C50H39N3. The van der Waals surface area contributed by atoms with E-state index in [1.165, 1.54) is 22.3 Å². The highest BCUT2D eigenvalue weighted by atomic mass is 14.8. The van der Waals surface area contributed by atoms with Gasteiger partial charge >= 0.3 is 0 Å². The van der Waals surface area contributed by atoms with Crippen molar-refractivity contribution in [1.82, 2.24) is 4.98 Å². The van der Waals surface area contributed by atoms with Crippen LogP contribution in [0.2, 0.25) is 0 Å². The molecule has 4 aromatic rings. The molecule has 8 bridgehead atoms. The maximum Gasteiger partial charge on any atom is 0.0693 e. The van der Waals surface area contributed by atoms with E-state index in [4.69, 9.17) is 9.98 Å². The number of hydrogen-bond acceptors (Lipinski definition) is 2. The lowest BCUT2D eigenvalue weighted by molar-refractivity contribution is 1.15. The molecule has 53 heavy (non-hydrogen) atoms. The fourth-order valence-corrected chi connectivity index (χ4v) is 8.07. The summed E-state index contributed by atoms with van der Waals surface area (Å²) in [5.74, 6) is 0. The van der Waals surface area contributed by atoms with Crippen LogP contribution in [0, 0.1) is 0 Å². The molecule has 0 radical (unpaired) electrons. The Morgan fingerprint density at radius 2 is 1.06 bits per heavy atom. The van der Waals surface area contributed by atoms with Gasteiger partial charge in [-0.05, 0) is 102 Å². The van der Waals surface area contributed by atoms with Gasteiger partial charge in [0.05, 0.1) is 22.8 Å². The summed E-state index contributed by atoms with van der Waals surface area (Å²) in [7, 11) is 0. The van der Waals surface area contributed by atoms with E-state index in [1.807, 2.05) is 0 Å². The van der Waals surface area contributed by atoms with Gasteiger partial charge in [-0.15, -0.1) is 11.5 Å². The largest absolute Gasteiger partial charge is 0.354 e. The summed E-state index contributed by atoms with van der Waals surface area (Å²) >= 11 is 0. The van der Waals surface area contributed by atoms with Gasteiger partial charge in [-0.2, -0.15) is 0 Å². The van der Waals surface area contributed by atoms with E-state index < -0.39 is 0 Å². The van der Waals surface area contributed by atoms with E-state index in [0.29, 0.717) is 0 Å². The van der Waals surface area contributed by atoms with Crippen LogP contribution in [0.1, 0.15) is 46.1 Å². The normalized spacial score (nSPS) is 17.3. The Bertz CT molecular complexity index is 2770. The predicted octanol–water partition coefficient (Wildman–Crippen LogP) is 10.6. The van der Waals surface area contributed by atoms with Crippen molar-refractivity contribution >= 4 is 29.1 Å². The van der Waals surface area contributed by atoms with Gasteiger partial charge in [0.15, 0.2) is 0 Å². The van der Waals surface area contributed by atoms with Crippen LogP contribution < -0.4 is 10.7 Å². The number of rotatable bonds is 5. The predicted molar refractivity (Wildman–Crippen MR) is 221 cm³/mol. The van der Waals surface area contributed by atoms with Gasteiger partial charge in [0.2, 0.25) is 0 Å². The quantitative estimate of drug-likeness (QED) is 0.204. The molecule has 3 aromatic carbocycles. The van der Waals surface area contributed by atoms with Crippen LogP contribution in [0.25, 0.3) is 40.0 Å². The minimum atomic E-state index is 0.871. The third kappa shape index (κ3) is 5.64. The first-order valence-corrected chi connectivity index (χ1v) is 18.5. The minimum absolute atomic E-state index is 0.871. The number of hydrogen-bond donors (Lipinski definition) is 1. The molecule has 3 aliphatic heterocycles. The lowest BCUT2D eigenvalue weighted by Gasteiger charge is -2.07. The molecule has 254 valence electrons. The van der Waals surface area contributed by atoms with Crippen molar-refractivity contribution in [3.63, 3.8) is 0 Å². The van der Waals surface area contributed by atoms with Crippen LogP contribution in [0.5, 0.6) is 0 Å². The van der Waals surface area contributed by atoms with Crippen LogP contribution in [-0.2, 0) is 0 Å². The summed E-state index contributed by atoms with van der Waals surface area (Å²) in [5.41, 5.74) is 27.2. The second-order valence-electron chi connectivity index (χ2n) is 13.9. The number of allylic oxidation sites excluding steroid dienone is 12. The number of aliphatic imine (C=N–C) groups is 2. The van der Waals surface area contributed by atoms with E-state index in [9.17, 15) is 0 Å². The SMILES string of the molecule is CCC1=C(C)C2=CC3=C=C(C=C4N=C(C=c5[nH]c(c(-c6ccccc6)c5-c5ccccc5)=CC1=N2)C(CC)=C4C)C1=CC=C(c2ccccc2)C=C=C31. The first-order chi connectivity index (χ1) is 26.0. The molecule has 9 rings (SSSR count). The number of fused-ring (bicyclic) bond motifs is 7. The molecule has 0 atom stereocenters. The molecular weight excluding hydrogens is 643 g/mol. The molecule has 0 saturated heterocycles. The van der Waals surface area contributed by atoms with Gasteiger partial charge in [0.1, 0.15) is 0 Å². The van der Waals surface area contributed by atoms with Gasteiger partial charge < -0.3 is 4.98 Å². The minimum Gasteiger partial charge on any atom is -0.354 e. The molecule has 5 aliphatic rings. The van der Waals surface area contributed by atoms with Crippen molar-refractivity contribution in [3.05, 3.63) is 205 Å². The van der Waals surface area contributed by atoms with Gasteiger partial charge in [-0.1, -0.05) is 117 Å². The summed E-state index contributed by atoms with van der Waals surface area (Å²) in [6.45, 7) is 8.84. The lowest BCUT2D eigenvalue weighted by atomic mass is 9.95. The number of nitrogens with one attached hydrogen (secondary N) is 1. The molecule has 0 fully saturated rings. The van der Waals surface area contributed by atoms with Crippen molar-refractivity contribution in [2.24, 2.45) is 9.98 Å². The zero-order valence-electron chi connectivity index (χ0n) is 30.5. The Morgan fingerprint density at radius 1 is 0.566 bits per heavy atom. The number of nitrogens with zero attached hydrogens (tertiary/aromatic N) is 2. The maximum atomic E-state index is 5.36. The van der Waals surface area contributed by atoms with Crippen LogP contribution >= 0.6 is 0 Å². The van der Waals surface area contributed by atoms with Crippen molar-refractivity contribution in [3.8, 4) is 22.3 Å². The molecule has 3 heteroatoms. The van der Waals surface area contributed by atoms with Crippen LogP contribution in [-0.4, -0.2) is 16.4 Å². The monoisotopic (exact) mass is 681 g/mol. The number of H-pyrrole nitrogens is 1. The highest BCUT2D eigenvalue weighted by molar-refractivity contribution is 6.25. The van der Waals surface area contributed by atoms with Gasteiger partial charge in [-0.25, -0.2) is 9.98 Å². The molecule has 1 N–H and O–H groups in total. The Balaban J connectivity index is 1.36. The van der Waals surface area contributed by atoms with E-state index in [-0.39, 0.29) is 0 Å². The third-order valence-electron chi connectivity index (χ3n) is 10.8. The lowest BCUT2D eigenvalue weighted by Crippen LogP contribution is -2.15. The fourth-order valence-electron chi connectivity index (χ4n) is 8.07. The van der Waals surface area contributed by atoms with Gasteiger partial charge in [0, 0.05) is 44.1 Å². The second-order valence-corrected chi connectivity index (χ2v) is 13.9. The average Bonchev–Trinajstić information content (AvgIpc) is 3.83. The highest BCUT2D eigenvalue weighted by Crippen LogP contribution is 2.40. The number of benzene rings is 3. The number of aromatic nitrogens is 1. The maximum absolute atomic E-state index is 5.36. The summed E-state index contributed by atoms with van der Waals surface area (Å²) < 4.78 is 0. The molecule has 0 saturated carbocycles. The molecule has 0 unspecified atom stereocenters. The fraction of sp³-hybridized carbons (Fsp3) is 0.120. The summed E-state index contributed by atoms with van der Waals surface area (Å²) in [6, 6.07) is 31.9. The second kappa shape index (κ2) is 13.2. The van der Waals surface area contributed by atoms with Gasteiger partial charge in [0.25, 0.3) is 0 Å². The van der Waals surface area contributed by atoms with Crippen LogP contribution in [0.4, 0.5) is 0 Å². The summed E-state index contributed by atoms with van der Waals surface area (Å²) in [6.07, 6.45) is 17.2. The average molecular weight is 682 g/mol. The Hall–Kier alpha value is -6.50. The van der Waals surface area contributed by atoms with Crippen molar-refractivity contribution in [2.45, 2.75) is 40.5 Å². The zero-order chi connectivity index (χ0) is 36.1. The van der Waals surface area contributed by atoms with Crippen molar-refractivity contribution in [1.29, 1.82) is 0 Å². The standard InChI is InChI=1S/C50H39N3/c1-5-39-31(3)43-27-37-26-38(42-25-23-34(22-24-41(37)42)33-16-10-7-11-17-33)28-44-32(4)40(6-2)46(52-44)30-48-50(36-20-14-9-15-21-36)49(35-18-12-8-13-19-35)47(53-48)29-45(39)51-43/h7-24,27-30,53H,5-6H2,1-4H3. The molecule has 3 nitrogen and oxygen atoms in total. The summed E-state index contributed by atoms with van der Waals surface area (Å²) in [5, 5.41) is 2.06. The Morgan fingerprint density at radius 3 is 1.57 bits per heavy atom. The molecule has 2 aliphatic carbocycles. The molecule has 1 aromatic heterocycles. The van der Waals surface area contributed by atoms with E-state index in [1.54, 1.807) is 0 Å². The van der Waals surface area contributed by atoms with E-state index >= 15 is 0 Å². The van der Waals surface area contributed by atoms with Crippen molar-refractivity contribution in [2.75, 3.05) is 0 Å². The Labute approximate surface area is 311 Å². The smallest absolute Gasteiger partial charge is 0.0693 e. The highest BCUT2D eigenvalue weighted by Gasteiger charge is 2.27. The topological polar surface area (TPSA) is 40.5 Å². The third-order valence-corrected chi connectivity index (χ3v) is 10.8.